The zero-order chi connectivity index (χ0) is 21.1. The summed E-state index contributed by atoms with van der Waals surface area (Å²) in [6.45, 7) is -0.656. The number of halogens is 1. The van der Waals surface area contributed by atoms with Gasteiger partial charge in [0.15, 0.2) is 0 Å². The Morgan fingerprint density at radius 1 is 1.21 bits per heavy atom. The number of hydrogen-bond acceptors (Lipinski definition) is 6. The molecule has 11 heteroatoms. The minimum Gasteiger partial charge on any atom is -0.353 e. The quantitative estimate of drug-likeness (QED) is 0.541. The molecule has 0 radical (unpaired) electrons. The summed E-state index contributed by atoms with van der Waals surface area (Å²) in [6, 6.07) is 5.31. The van der Waals surface area contributed by atoms with Crippen molar-refractivity contribution in [3.05, 3.63) is 40.6 Å². The number of amides is 6. The summed E-state index contributed by atoms with van der Waals surface area (Å²) in [5.74, 6) is -2.15. The van der Waals surface area contributed by atoms with Crippen LogP contribution in [0.2, 0.25) is 0 Å². The van der Waals surface area contributed by atoms with Gasteiger partial charge in [0.25, 0.3) is 17.1 Å². The Hall–Kier alpha value is -3.21. The Morgan fingerprint density at radius 3 is 2.59 bits per heavy atom. The van der Waals surface area contributed by atoms with E-state index in [0.29, 0.717) is 11.8 Å². The van der Waals surface area contributed by atoms with Gasteiger partial charge in [-0.1, -0.05) is 18.2 Å². The molecule has 1 aromatic rings. The highest BCUT2D eigenvalue weighted by Crippen LogP contribution is 2.32. The molecule has 29 heavy (non-hydrogen) atoms. The van der Waals surface area contributed by atoms with Crippen LogP contribution in [0.5, 0.6) is 0 Å². The average molecular weight is 420 g/mol. The maximum atomic E-state index is 13.7. The van der Waals surface area contributed by atoms with Crippen molar-refractivity contribution >= 4 is 46.8 Å². The number of urea groups is 1. The zero-order valence-corrected chi connectivity index (χ0v) is 16.2. The van der Waals surface area contributed by atoms with Crippen molar-refractivity contribution in [3.8, 4) is 0 Å². The first kappa shape index (κ1) is 20.5. The van der Waals surface area contributed by atoms with Gasteiger partial charge < -0.3 is 10.2 Å². The second-order valence-electron chi connectivity index (χ2n) is 6.32. The number of benzene rings is 1. The smallest absolute Gasteiger partial charge is 0.327 e. The fraction of sp³-hybridized carbons (Fsp3) is 0.278. The number of thioether (sulfide) groups is 1. The Kier molecular flexibility index (Phi) is 5.97. The van der Waals surface area contributed by atoms with Crippen LogP contribution in [-0.4, -0.2) is 76.9 Å². The molecule has 0 saturated carbocycles. The molecule has 0 atom stereocenters. The molecular formula is C18H17FN4O5S. The van der Waals surface area contributed by atoms with Gasteiger partial charge in [-0.2, -0.15) is 0 Å². The maximum absolute atomic E-state index is 13.7. The highest BCUT2D eigenvalue weighted by molar-refractivity contribution is 8.18. The summed E-state index contributed by atoms with van der Waals surface area (Å²) in [6.07, 6.45) is 1.31. The highest BCUT2D eigenvalue weighted by Gasteiger charge is 2.36. The predicted octanol–water partition coefficient (Wildman–Crippen LogP) is 0.872. The summed E-state index contributed by atoms with van der Waals surface area (Å²) >= 11 is 0.687. The maximum Gasteiger partial charge on any atom is 0.327 e. The van der Waals surface area contributed by atoms with Crippen LogP contribution in [-0.2, 0) is 14.4 Å². The van der Waals surface area contributed by atoms with Gasteiger partial charge in [-0.05, 0) is 23.9 Å². The van der Waals surface area contributed by atoms with Gasteiger partial charge in [0.05, 0.1) is 4.91 Å². The van der Waals surface area contributed by atoms with Crippen molar-refractivity contribution in [2.24, 2.45) is 0 Å². The van der Waals surface area contributed by atoms with Crippen molar-refractivity contribution in [3.63, 3.8) is 0 Å². The molecule has 3 rings (SSSR count). The molecule has 2 heterocycles. The molecule has 2 fully saturated rings. The number of likely N-dealkylation sites (N-methyl/N-ethyl adjacent to an activating group) is 1. The van der Waals surface area contributed by atoms with E-state index in [-0.39, 0.29) is 30.1 Å². The lowest BCUT2D eigenvalue weighted by Gasteiger charge is -2.15. The summed E-state index contributed by atoms with van der Waals surface area (Å²) in [7, 11) is 1.45. The summed E-state index contributed by atoms with van der Waals surface area (Å²) in [5, 5.41) is 1.94. The second kappa shape index (κ2) is 8.43. The topological polar surface area (TPSA) is 107 Å². The van der Waals surface area contributed by atoms with E-state index in [0.717, 1.165) is 9.80 Å². The van der Waals surface area contributed by atoms with E-state index in [1.807, 2.05) is 0 Å². The molecular weight excluding hydrogens is 403 g/mol. The SMILES string of the molecule is CN1CC(=O)N(CC(=O)NCCN2C(=O)S/C(=C\c3ccccc3F)C2=O)C1=O. The number of rotatable bonds is 6. The first-order valence-corrected chi connectivity index (χ1v) is 9.41. The number of carbonyl (C=O) groups is 5. The van der Waals surface area contributed by atoms with Crippen LogP contribution in [0, 0.1) is 5.82 Å². The average Bonchev–Trinajstić information content (AvgIpc) is 3.07. The monoisotopic (exact) mass is 420 g/mol. The van der Waals surface area contributed by atoms with E-state index in [2.05, 4.69) is 5.32 Å². The van der Waals surface area contributed by atoms with Crippen LogP contribution in [0.1, 0.15) is 5.56 Å². The van der Waals surface area contributed by atoms with Crippen molar-refractivity contribution in [2.45, 2.75) is 0 Å². The van der Waals surface area contributed by atoms with Crippen LogP contribution in [0.3, 0.4) is 0 Å². The standard InChI is InChI=1S/C18H17FN4O5S/c1-21-10-15(25)23(17(21)27)9-14(24)20-6-7-22-16(26)13(29-18(22)28)8-11-4-2-3-5-12(11)19/h2-5,8H,6-7,9-10H2,1H3,(H,20,24)/b13-8-. The van der Waals surface area contributed by atoms with Crippen LogP contribution < -0.4 is 5.32 Å². The number of nitrogens with one attached hydrogen (secondary N) is 1. The molecule has 6 amide bonds. The molecule has 0 aliphatic carbocycles. The van der Waals surface area contributed by atoms with Gasteiger partial charge in [0.2, 0.25) is 5.91 Å². The van der Waals surface area contributed by atoms with E-state index in [9.17, 15) is 28.4 Å². The van der Waals surface area contributed by atoms with Gasteiger partial charge in [-0.3, -0.25) is 29.0 Å². The zero-order valence-electron chi connectivity index (χ0n) is 15.4. The van der Waals surface area contributed by atoms with Gasteiger partial charge in [-0.15, -0.1) is 0 Å². The fourth-order valence-corrected chi connectivity index (χ4v) is 3.61. The first-order chi connectivity index (χ1) is 13.8. The molecule has 2 aliphatic heterocycles. The third-order valence-corrected chi connectivity index (χ3v) is 5.16. The summed E-state index contributed by atoms with van der Waals surface area (Å²) in [4.78, 5) is 62.9. The second-order valence-corrected chi connectivity index (χ2v) is 7.32. The largest absolute Gasteiger partial charge is 0.353 e. The molecule has 0 bridgehead atoms. The lowest BCUT2D eigenvalue weighted by Crippen LogP contribution is -2.43. The molecule has 0 aromatic heterocycles. The molecule has 2 saturated heterocycles. The minimum absolute atomic E-state index is 0.0457. The predicted molar refractivity (Wildman–Crippen MR) is 102 cm³/mol. The van der Waals surface area contributed by atoms with Crippen LogP contribution in [0.15, 0.2) is 29.2 Å². The molecule has 1 N–H and O–H groups in total. The van der Waals surface area contributed by atoms with E-state index in [1.54, 1.807) is 6.07 Å². The normalized spacial score (nSPS) is 18.4. The third kappa shape index (κ3) is 4.45. The number of hydrogen-bond donors (Lipinski definition) is 1. The van der Waals surface area contributed by atoms with E-state index < -0.39 is 41.4 Å². The van der Waals surface area contributed by atoms with E-state index >= 15 is 0 Å². The van der Waals surface area contributed by atoms with Crippen molar-refractivity contribution in [1.82, 2.24) is 20.0 Å². The fourth-order valence-electron chi connectivity index (χ4n) is 2.76. The van der Waals surface area contributed by atoms with Gasteiger partial charge >= 0.3 is 6.03 Å². The highest BCUT2D eigenvalue weighted by atomic mass is 32.2. The Balaban J connectivity index is 1.53. The third-order valence-electron chi connectivity index (χ3n) is 4.26. The lowest BCUT2D eigenvalue weighted by molar-refractivity contribution is -0.130. The van der Waals surface area contributed by atoms with Gasteiger partial charge in [-0.25, -0.2) is 9.18 Å². The molecule has 0 spiro atoms. The summed E-state index contributed by atoms with van der Waals surface area (Å²) < 4.78 is 13.7. The van der Waals surface area contributed by atoms with Crippen LogP contribution >= 0.6 is 11.8 Å². The van der Waals surface area contributed by atoms with Gasteiger partial charge in [0, 0.05) is 25.7 Å². The van der Waals surface area contributed by atoms with E-state index in [1.165, 1.54) is 36.2 Å². The van der Waals surface area contributed by atoms with Crippen LogP contribution in [0.25, 0.3) is 6.08 Å². The molecule has 1 aromatic carbocycles. The molecule has 2 aliphatic rings. The van der Waals surface area contributed by atoms with E-state index in [4.69, 9.17) is 0 Å². The Labute approximate surface area is 169 Å². The number of carbonyl (C=O) groups excluding carboxylic acids is 5. The van der Waals surface area contributed by atoms with Crippen molar-refractivity contribution in [2.75, 3.05) is 33.2 Å². The molecule has 9 nitrogen and oxygen atoms in total. The number of nitrogens with zero attached hydrogens (tertiary/aromatic N) is 3. The Morgan fingerprint density at radius 2 is 1.93 bits per heavy atom. The Bertz CT molecular complexity index is 935. The minimum atomic E-state index is -0.587. The summed E-state index contributed by atoms with van der Waals surface area (Å²) in [5.41, 5.74) is 0.191. The lowest BCUT2D eigenvalue weighted by atomic mass is 10.2. The molecule has 0 unspecified atom stereocenters. The molecule has 152 valence electrons. The number of imide groups is 2. The van der Waals surface area contributed by atoms with Crippen LogP contribution in [0.4, 0.5) is 14.0 Å². The van der Waals surface area contributed by atoms with Gasteiger partial charge in [0.1, 0.15) is 18.9 Å². The van der Waals surface area contributed by atoms with Crippen molar-refractivity contribution < 1.29 is 28.4 Å². The first-order valence-electron chi connectivity index (χ1n) is 8.60. The van der Waals surface area contributed by atoms with Crippen molar-refractivity contribution in [1.29, 1.82) is 0 Å².